The van der Waals surface area contributed by atoms with Gasteiger partial charge in [-0.05, 0) is 20.8 Å². The zero-order valence-electron chi connectivity index (χ0n) is 10.3. The first-order valence-electron chi connectivity index (χ1n) is 5.44. The monoisotopic (exact) mass is 255 g/mol. The van der Waals surface area contributed by atoms with E-state index in [4.69, 9.17) is 4.74 Å². The van der Waals surface area contributed by atoms with Gasteiger partial charge < -0.3 is 9.30 Å². The van der Waals surface area contributed by atoms with E-state index in [0.29, 0.717) is 18.3 Å². The maximum Gasteiger partial charge on any atom is 0.319 e. The molecule has 0 fully saturated rings. The van der Waals surface area contributed by atoms with Gasteiger partial charge in [0.1, 0.15) is 11.1 Å². The lowest BCUT2D eigenvalue weighted by Gasteiger charge is -2.10. The molecule has 0 saturated carbocycles. The summed E-state index contributed by atoms with van der Waals surface area (Å²) >= 11 is 1.35. The van der Waals surface area contributed by atoms with Crippen LogP contribution in [0.5, 0.6) is 0 Å². The first kappa shape index (κ1) is 13.8. The fourth-order valence-electron chi connectivity index (χ4n) is 1.25. The van der Waals surface area contributed by atoms with Crippen LogP contribution in [-0.2, 0) is 16.1 Å². The van der Waals surface area contributed by atoms with Gasteiger partial charge in [-0.3, -0.25) is 4.79 Å². The van der Waals surface area contributed by atoms with Gasteiger partial charge in [-0.1, -0.05) is 17.8 Å². The number of carbonyl (C=O) groups excluding carboxylic acids is 1. The SMILES string of the molecule is C=CCn1c(C)nnc1SC(C)C(=O)OCC. The molecular weight excluding hydrogens is 238 g/mol. The number of carbonyl (C=O) groups is 1. The number of esters is 1. The smallest absolute Gasteiger partial charge is 0.319 e. The number of hydrogen-bond donors (Lipinski definition) is 0. The molecule has 0 aliphatic rings. The third-order valence-electron chi connectivity index (χ3n) is 2.11. The van der Waals surface area contributed by atoms with Crippen LogP contribution in [0.3, 0.4) is 0 Å². The highest BCUT2D eigenvalue weighted by atomic mass is 32.2. The lowest BCUT2D eigenvalue weighted by Crippen LogP contribution is -2.17. The van der Waals surface area contributed by atoms with E-state index >= 15 is 0 Å². The Hall–Kier alpha value is -1.30. The normalized spacial score (nSPS) is 12.2. The molecule has 0 aliphatic carbocycles. The van der Waals surface area contributed by atoms with Gasteiger partial charge in [0.05, 0.1) is 6.61 Å². The van der Waals surface area contributed by atoms with Crippen LogP contribution < -0.4 is 0 Å². The Morgan fingerprint density at radius 3 is 2.94 bits per heavy atom. The van der Waals surface area contributed by atoms with Gasteiger partial charge >= 0.3 is 5.97 Å². The predicted octanol–water partition coefficient (Wildman–Crippen LogP) is 1.82. The van der Waals surface area contributed by atoms with Crippen molar-refractivity contribution in [1.82, 2.24) is 14.8 Å². The van der Waals surface area contributed by atoms with E-state index in [1.54, 1.807) is 19.9 Å². The highest BCUT2D eigenvalue weighted by molar-refractivity contribution is 8.00. The van der Waals surface area contributed by atoms with Crippen molar-refractivity contribution in [3.63, 3.8) is 0 Å². The summed E-state index contributed by atoms with van der Waals surface area (Å²) in [5, 5.41) is 8.44. The van der Waals surface area contributed by atoms with E-state index in [0.717, 1.165) is 5.82 Å². The number of nitrogens with zero attached hydrogens (tertiary/aromatic N) is 3. The molecule has 0 saturated heterocycles. The van der Waals surface area contributed by atoms with Crippen molar-refractivity contribution in [3.05, 3.63) is 18.5 Å². The molecule has 94 valence electrons. The van der Waals surface area contributed by atoms with E-state index in [1.165, 1.54) is 11.8 Å². The molecule has 1 aromatic heterocycles. The van der Waals surface area contributed by atoms with Gasteiger partial charge in [0.25, 0.3) is 0 Å². The van der Waals surface area contributed by atoms with Crippen LogP contribution in [-0.4, -0.2) is 32.6 Å². The number of aromatic nitrogens is 3. The van der Waals surface area contributed by atoms with E-state index in [9.17, 15) is 4.79 Å². The lowest BCUT2D eigenvalue weighted by molar-refractivity contribution is -0.142. The summed E-state index contributed by atoms with van der Waals surface area (Å²) in [5.41, 5.74) is 0. The van der Waals surface area contributed by atoms with Gasteiger partial charge in [0.15, 0.2) is 5.16 Å². The molecule has 0 amide bonds. The zero-order valence-corrected chi connectivity index (χ0v) is 11.2. The summed E-state index contributed by atoms with van der Waals surface area (Å²) in [6.07, 6.45) is 1.77. The molecule has 0 aromatic carbocycles. The molecule has 1 unspecified atom stereocenters. The summed E-state index contributed by atoms with van der Waals surface area (Å²) in [7, 11) is 0. The molecule has 17 heavy (non-hydrogen) atoms. The maximum absolute atomic E-state index is 11.5. The minimum Gasteiger partial charge on any atom is -0.465 e. The van der Waals surface area contributed by atoms with Gasteiger partial charge in [-0.15, -0.1) is 16.8 Å². The summed E-state index contributed by atoms with van der Waals surface area (Å²) in [6, 6.07) is 0. The van der Waals surface area contributed by atoms with Crippen molar-refractivity contribution in [2.45, 2.75) is 37.7 Å². The van der Waals surface area contributed by atoms with Crippen LogP contribution >= 0.6 is 11.8 Å². The average molecular weight is 255 g/mol. The van der Waals surface area contributed by atoms with Crippen molar-refractivity contribution in [2.75, 3.05) is 6.61 Å². The molecule has 0 bridgehead atoms. The summed E-state index contributed by atoms with van der Waals surface area (Å²) in [5.74, 6) is 0.576. The average Bonchev–Trinajstić information content (AvgIpc) is 2.62. The number of ether oxygens (including phenoxy) is 1. The maximum atomic E-state index is 11.5. The number of rotatable bonds is 6. The Kier molecular flexibility index (Phi) is 5.21. The number of aryl methyl sites for hydroxylation is 1. The van der Waals surface area contributed by atoms with Crippen LogP contribution in [0.15, 0.2) is 17.8 Å². The molecule has 1 aromatic rings. The molecule has 1 rings (SSSR count). The summed E-state index contributed by atoms with van der Waals surface area (Å²) in [6.45, 7) is 10.2. The second-order valence-corrected chi connectivity index (χ2v) is 4.75. The summed E-state index contributed by atoms with van der Waals surface area (Å²) in [4.78, 5) is 11.5. The summed E-state index contributed by atoms with van der Waals surface area (Å²) < 4.78 is 6.86. The van der Waals surface area contributed by atoms with E-state index in [2.05, 4.69) is 16.8 Å². The van der Waals surface area contributed by atoms with Crippen LogP contribution in [0, 0.1) is 6.92 Å². The first-order chi connectivity index (χ1) is 8.10. The van der Waals surface area contributed by atoms with Crippen molar-refractivity contribution in [3.8, 4) is 0 Å². The Morgan fingerprint density at radius 2 is 2.35 bits per heavy atom. The van der Waals surface area contributed by atoms with E-state index < -0.39 is 0 Å². The predicted molar refractivity (Wildman–Crippen MR) is 66.9 cm³/mol. The van der Waals surface area contributed by atoms with Crippen molar-refractivity contribution >= 4 is 17.7 Å². The molecule has 0 aliphatic heterocycles. The van der Waals surface area contributed by atoms with Crippen LogP contribution in [0.25, 0.3) is 0 Å². The van der Waals surface area contributed by atoms with Crippen molar-refractivity contribution < 1.29 is 9.53 Å². The molecule has 6 heteroatoms. The molecule has 0 spiro atoms. The number of thioether (sulfide) groups is 1. The van der Waals surface area contributed by atoms with Gasteiger partial charge in [0.2, 0.25) is 0 Å². The fraction of sp³-hybridized carbons (Fsp3) is 0.545. The third kappa shape index (κ3) is 3.59. The van der Waals surface area contributed by atoms with E-state index in [1.807, 2.05) is 11.5 Å². The molecule has 0 radical (unpaired) electrons. The van der Waals surface area contributed by atoms with Crippen molar-refractivity contribution in [1.29, 1.82) is 0 Å². The lowest BCUT2D eigenvalue weighted by atomic mass is 10.5. The first-order valence-corrected chi connectivity index (χ1v) is 6.32. The van der Waals surface area contributed by atoms with Crippen LogP contribution in [0.1, 0.15) is 19.7 Å². The molecule has 1 atom stereocenters. The molecular formula is C11H17N3O2S. The molecule has 1 heterocycles. The van der Waals surface area contributed by atoms with Crippen LogP contribution in [0.2, 0.25) is 0 Å². The number of allylic oxidation sites excluding steroid dienone is 1. The minimum absolute atomic E-state index is 0.233. The highest BCUT2D eigenvalue weighted by Crippen LogP contribution is 2.22. The van der Waals surface area contributed by atoms with Gasteiger partial charge in [-0.2, -0.15) is 0 Å². The fourth-order valence-corrected chi connectivity index (χ4v) is 2.16. The molecule has 5 nitrogen and oxygen atoms in total. The minimum atomic E-state index is -0.290. The Morgan fingerprint density at radius 1 is 1.65 bits per heavy atom. The van der Waals surface area contributed by atoms with Gasteiger partial charge in [-0.25, -0.2) is 0 Å². The second kappa shape index (κ2) is 6.44. The second-order valence-electron chi connectivity index (χ2n) is 3.44. The third-order valence-corrected chi connectivity index (χ3v) is 3.17. The largest absolute Gasteiger partial charge is 0.465 e. The topological polar surface area (TPSA) is 57.0 Å². The van der Waals surface area contributed by atoms with Crippen molar-refractivity contribution in [2.24, 2.45) is 0 Å². The standard InChI is InChI=1S/C11H17N3O2S/c1-5-7-14-9(4)12-13-11(14)17-8(3)10(15)16-6-2/h5,8H,1,6-7H2,2-4H3. The Labute approximate surface area is 105 Å². The van der Waals surface area contributed by atoms with E-state index in [-0.39, 0.29) is 11.2 Å². The Balaban J connectivity index is 2.73. The quantitative estimate of drug-likeness (QED) is 0.441. The molecule has 0 N–H and O–H groups in total. The highest BCUT2D eigenvalue weighted by Gasteiger charge is 2.19. The van der Waals surface area contributed by atoms with Gasteiger partial charge in [0, 0.05) is 6.54 Å². The van der Waals surface area contributed by atoms with Crippen LogP contribution in [0.4, 0.5) is 0 Å². The Bertz CT molecular complexity index is 403. The number of hydrogen-bond acceptors (Lipinski definition) is 5. The zero-order chi connectivity index (χ0) is 12.8.